The highest BCUT2D eigenvalue weighted by Crippen LogP contribution is 2.37. The van der Waals surface area contributed by atoms with Gasteiger partial charge in [0.1, 0.15) is 12.0 Å². The molecule has 0 aliphatic rings. The summed E-state index contributed by atoms with van der Waals surface area (Å²) in [4.78, 5) is 22.6. The Labute approximate surface area is 198 Å². The first kappa shape index (κ1) is 26.6. The van der Waals surface area contributed by atoms with Crippen LogP contribution in [0.2, 0.25) is 0 Å². The van der Waals surface area contributed by atoms with Gasteiger partial charge < -0.3 is 10.1 Å². The van der Waals surface area contributed by atoms with Gasteiger partial charge in [0.05, 0.1) is 5.69 Å². The molecule has 182 valence electrons. The minimum atomic E-state index is -0.151. The van der Waals surface area contributed by atoms with Gasteiger partial charge in [-0.05, 0) is 61.3 Å². The van der Waals surface area contributed by atoms with Crippen molar-refractivity contribution in [1.82, 2.24) is 20.3 Å². The molecule has 1 amide bonds. The molecule has 33 heavy (non-hydrogen) atoms. The Bertz CT molecular complexity index is 874. The van der Waals surface area contributed by atoms with Gasteiger partial charge in [0.25, 0.3) is 5.91 Å². The predicted molar refractivity (Wildman–Crippen MR) is 130 cm³/mol. The number of carbonyl (C=O) groups excluding carboxylic acids is 2. The number of nitrogens with one attached hydrogen (secondary N) is 1. The molecule has 7 heteroatoms. The predicted octanol–water partition coefficient (Wildman–Crippen LogP) is 4.66. The second-order valence-electron chi connectivity index (χ2n) is 9.87. The summed E-state index contributed by atoms with van der Waals surface area (Å²) in [5.41, 5.74) is 1.61. The Balaban J connectivity index is 1.64. The van der Waals surface area contributed by atoms with E-state index in [4.69, 9.17) is 4.74 Å². The number of carbonyl (C=O) groups is 2. The first-order valence-corrected chi connectivity index (χ1v) is 12.0. The van der Waals surface area contributed by atoms with E-state index in [9.17, 15) is 9.59 Å². The zero-order chi connectivity index (χ0) is 24.4. The van der Waals surface area contributed by atoms with Gasteiger partial charge in [-0.2, -0.15) is 0 Å². The standard InChI is InChI=1S/C26H40N4O3/c1-19(2)20(3)21(4)26(5,6)24-16-30(29-28-24)15-9-7-8-14-27-25(32)18-33-23-12-10-22(17-31)11-13-23/h10-13,16-17,19-21H,7-9,14-15,18H2,1-6H3,(H,27,32). The lowest BCUT2D eigenvalue weighted by Crippen LogP contribution is -2.33. The van der Waals surface area contributed by atoms with E-state index < -0.39 is 0 Å². The minimum Gasteiger partial charge on any atom is -0.484 e. The molecule has 0 bridgehead atoms. The molecule has 1 heterocycles. The number of aromatic nitrogens is 3. The maximum atomic E-state index is 11.9. The van der Waals surface area contributed by atoms with Crippen molar-refractivity contribution in [2.75, 3.05) is 13.2 Å². The molecule has 0 aliphatic carbocycles. The van der Waals surface area contributed by atoms with Crippen molar-refractivity contribution in [2.45, 2.75) is 72.8 Å². The van der Waals surface area contributed by atoms with Crippen molar-refractivity contribution >= 4 is 12.2 Å². The average molecular weight is 457 g/mol. The zero-order valence-corrected chi connectivity index (χ0v) is 21.0. The van der Waals surface area contributed by atoms with Crippen LogP contribution in [0.1, 0.15) is 76.9 Å². The number of rotatable bonds is 14. The second kappa shape index (κ2) is 12.5. The van der Waals surface area contributed by atoms with E-state index in [1.807, 2.05) is 4.68 Å². The largest absolute Gasteiger partial charge is 0.484 e. The fourth-order valence-electron chi connectivity index (χ4n) is 3.82. The molecular weight excluding hydrogens is 416 g/mol. The molecule has 0 saturated heterocycles. The van der Waals surface area contributed by atoms with E-state index in [0.29, 0.717) is 35.6 Å². The summed E-state index contributed by atoms with van der Waals surface area (Å²) < 4.78 is 7.37. The maximum Gasteiger partial charge on any atom is 0.257 e. The third kappa shape index (κ3) is 7.98. The number of benzene rings is 1. The highest BCUT2D eigenvalue weighted by atomic mass is 16.5. The van der Waals surface area contributed by atoms with Gasteiger partial charge in [0.15, 0.2) is 6.61 Å². The molecule has 1 N–H and O–H groups in total. The number of unbranched alkanes of at least 4 members (excludes halogenated alkanes) is 2. The summed E-state index contributed by atoms with van der Waals surface area (Å²) in [7, 11) is 0. The van der Waals surface area contributed by atoms with E-state index in [1.165, 1.54) is 0 Å². The summed E-state index contributed by atoms with van der Waals surface area (Å²) in [6, 6.07) is 6.68. The number of amides is 1. The van der Waals surface area contributed by atoms with Crippen LogP contribution in [0, 0.1) is 17.8 Å². The summed E-state index contributed by atoms with van der Waals surface area (Å²) >= 11 is 0. The SMILES string of the molecule is CC(C)C(C)C(C)C(C)(C)c1cn(CCCCCNC(=O)COc2ccc(C=O)cc2)nn1. The van der Waals surface area contributed by atoms with Gasteiger partial charge in [-0.3, -0.25) is 14.3 Å². The fourth-order valence-corrected chi connectivity index (χ4v) is 3.82. The molecule has 2 aromatic rings. The van der Waals surface area contributed by atoms with Crippen molar-refractivity contribution in [1.29, 1.82) is 0 Å². The average Bonchev–Trinajstić information content (AvgIpc) is 3.29. The van der Waals surface area contributed by atoms with Crippen LogP contribution in [0.3, 0.4) is 0 Å². The summed E-state index contributed by atoms with van der Waals surface area (Å²) in [6.07, 6.45) is 5.73. The van der Waals surface area contributed by atoms with E-state index in [2.05, 4.69) is 63.4 Å². The Morgan fingerprint density at radius 1 is 1.12 bits per heavy atom. The molecule has 2 atom stereocenters. The van der Waals surface area contributed by atoms with Crippen LogP contribution < -0.4 is 10.1 Å². The van der Waals surface area contributed by atoms with Crippen LogP contribution in [0.5, 0.6) is 5.75 Å². The topological polar surface area (TPSA) is 86.1 Å². The van der Waals surface area contributed by atoms with E-state index >= 15 is 0 Å². The number of hydrogen-bond acceptors (Lipinski definition) is 5. The Morgan fingerprint density at radius 3 is 2.45 bits per heavy atom. The zero-order valence-electron chi connectivity index (χ0n) is 21.0. The van der Waals surface area contributed by atoms with Crippen LogP contribution in [0.4, 0.5) is 0 Å². The van der Waals surface area contributed by atoms with Crippen molar-refractivity contribution < 1.29 is 14.3 Å². The van der Waals surface area contributed by atoms with E-state index in [-0.39, 0.29) is 17.9 Å². The van der Waals surface area contributed by atoms with Gasteiger partial charge >= 0.3 is 0 Å². The van der Waals surface area contributed by atoms with Gasteiger partial charge in [-0.25, -0.2) is 0 Å². The van der Waals surface area contributed by atoms with Crippen molar-refractivity contribution in [3.63, 3.8) is 0 Å². The van der Waals surface area contributed by atoms with Crippen LogP contribution >= 0.6 is 0 Å². The Hall–Kier alpha value is -2.70. The van der Waals surface area contributed by atoms with Crippen molar-refractivity contribution in [2.24, 2.45) is 17.8 Å². The normalized spacial score (nSPS) is 13.5. The fraction of sp³-hybridized carbons (Fsp3) is 0.615. The van der Waals surface area contributed by atoms with Crippen molar-refractivity contribution in [3.8, 4) is 5.75 Å². The molecule has 1 aromatic heterocycles. The lowest BCUT2D eigenvalue weighted by Gasteiger charge is -2.36. The quantitative estimate of drug-likeness (QED) is 0.330. The number of aldehydes is 1. The van der Waals surface area contributed by atoms with Gasteiger partial charge in [0, 0.05) is 30.3 Å². The number of nitrogens with zero attached hydrogens (tertiary/aromatic N) is 3. The van der Waals surface area contributed by atoms with Crippen LogP contribution in [-0.4, -0.2) is 40.3 Å². The molecular formula is C26H40N4O3. The minimum absolute atomic E-state index is 0.0230. The second-order valence-corrected chi connectivity index (χ2v) is 9.87. The van der Waals surface area contributed by atoms with Crippen LogP contribution in [0.15, 0.2) is 30.5 Å². The van der Waals surface area contributed by atoms with Gasteiger partial charge in [0.2, 0.25) is 0 Å². The number of aryl methyl sites for hydroxylation is 1. The Morgan fingerprint density at radius 2 is 1.82 bits per heavy atom. The maximum absolute atomic E-state index is 11.9. The highest BCUT2D eigenvalue weighted by molar-refractivity contribution is 5.77. The van der Waals surface area contributed by atoms with Crippen LogP contribution in [0.25, 0.3) is 0 Å². The molecule has 2 unspecified atom stereocenters. The van der Waals surface area contributed by atoms with Crippen molar-refractivity contribution in [3.05, 3.63) is 41.7 Å². The highest BCUT2D eigenvalue weighted by Gasteiger charge is 2.35. The summed E-state index contributed by atoms with van der Waals surface area (Å²) in [6.45, 7) is 15.1. The first-order valence-electron chi connectivity index (χ1n) is 12.0. The summed E-state index contributed by atoms with van der Waals surface area (Å²) in [5.74, 6) is 2.16. The van der Waals surface area contributed by atoms with E-state index in [0.717, 1.165) is 37.8 Å². The van der Waals surface area contributed by atoms with E-state index in [1.54, 1.807) is 24.3 Å². The monoisotopic (exact) mass is 456 g/mol. The number of hydrogen-bond donors (Lipinski definition) is 1. The number of ether oxygens (including phenoxy) is 1. The third-order valence-corrected chi connectivity index (χ3v) is 6.95. The molecule has 7 nitrogen and oxygen atoms in total. The molecule has 0 radical (unpaired) electrons. The van der Waals surface area contributed by atoms with Crippen LogP contribution in [-0.2, 0) is 16.8 Å². The van der Waals surface area contributed by atoms with Gasteiger partial charge in [-0.15, -0.1) is 5.10 Å². The lowest BCUT2D eigenvalue weighted by atomic mass is 9.69. The Kier molecular flexibility index (Phi) is 10.1. The molecule has 1 aromatic carbocycles. The third-order valence-electron chi connectivity index (χ3n) is 6.95. The molecule has 0 spiro atoms. The smallest absolute Gasteiger partial charge is 0.257 e. The molecule has 0 fully saturated rings. The first-order chi connectivity index (χ1) is 15.6. The lowest BCUT2D eigenvalue weighted by molar-refractivity contribution is -0.123. The molecule has 0 aliphatic heterocycles. The summed E-state index contributed by atoms with van der Waals surface area (Å²) in [5, 5.41) is 11.7. The molecule has 0 saturated carbocycles. The molecule has 2 rings (SSSR count). The van der Waals surface area contributed by atoms with Gasteiger partial charge in [-0.1, -0.05) is 46.8 Å².